The van der Waals surface area contributed by atoms with Gasteiger partial charge >= 0.3 is 0 Å². The summed E-state index contributed by atoms with van der Waals surface area (Å²) in [6, 6.07) is 2.09. The number of rotatable bonds is 6. The lowest BCUT2D eigenvalue weighted by atomic mass is 9.90. The zero-order chi connectivity index (χ0) is 18.8. The average Bonchev–Trinajstić information content (AvgIpc) is 3.10. The minimum absolute atomic E-state index is 0.212. The van der Waals surface area contributed by atoms with E-state index in [9.17, 15) is 0 Å². The molecule has 0 radical (unpaired) electrons. The molecule has 138 valence electrons. The first kappa shape index (κ1) is 18.5. The Morgan fingerprint density at radius 3 is 2.27 bits per heavy atom. The Kier molecular flexibility index (Phi) is 5.36. The van der Waals surface area contributed by atoms with Gasteiger partial charge in [0.05, 0.1) is 22.8 Å². The van der Waals surface area contributed by atoms with E-state index in [1.54, 1.807) is 0 Å². The van der Waals surface area contributed by atoms with Gasteiger partial charge in [0.25, 0.3) is 0 Å². The average molecular weight is 372 g/mol. The predicted molar refractivity (Wildman–Crippen MR) is 109 cm³/mol. The third kappa shape index (κ3) is 3.11. The molecule has 3 rings (SSSR count). The molecule has 0 spiro atoms. The highest BCUT2D eigenvalue weighted by atomic mass is 32.2. The van der Waals surface area contributed by atoms with Gasteiger partial charge in [-0.2, -0.15) is 0 Å². The molecule has 0 saturated carbocycles. The largest absolute Gasteiger partial charge is 0.493 e. The van der Waals surface area contributed by atoms with Crippen LogP contribution in [0.15, 0.2) is 11.0 Å². The molecule has 1 fully saturated rings. The number of amidine groups is 3. The molecule has 26 heavy (non-hydrogen) atoms. The number of hydrogen-bond donors (Lipinski definition) is 5. The van der Waals surface area contributed by atoms with Crippen LogP contribution in [0.2, 0.25) is 0 Å². The number of aryl methyl sites for hydroxylation is 1. The van der Waals surface area contributed by atoms with Gasteiger partial charge in [-0.25, -0.2) is 0 Å². The lowest BCUT2D eigenvalue weighted by Gasteiger charge is -2.18. The second-order valence-electron chi connectivity index (χ2n) is 6.33. The lowest BCUT2D eigenvalue weighted by Crippen LogP contribution is -2.20. The first-order valence-electron chi connectivity index (χ1n) is 9.06. The standard InChI is InChI=1S/C19H25N5OS/c1-4-7-10-9-12(25-6-3)14-13(11(10)8-5-2)15(23-17(14)20)16-18(21)24-19(22)26-16/h9H,4-8H2,1-3H3,(H2,20,23)(H3,21,22,24). The summed E-state index contributed by atoms with van der Waals surface area (Å²) < 4.78 is 5.88. The summed E-state index contributed by atoms with van der Waals surface area (Å²) in [6.07, 6.45) is 3.91. The Morgan fingerprint density at radius 1 is 0.962 bits per heavy atom. The van der Waals surface area contributed by atoms with Crippen molar-refractivity contribution in [3.05, 3.63) is 33.2 Å². The molecule has 2 aliphatic heterocycles. The van der Waals surface area contributed by atoms with Gasteiger partial charge in [-0.05, 0) is 48.7 Å². The van der Waals surface area contributed by atoms with Crippen LogP contribution < -0.4 is 15.4 Å². The molecule has 0 aromatic heterocycles. The molecular weight excluding hydrogens is 346 g/mol. The Labute approximate surface area is 158 Å². The molecule has 7 heteroatoms. The SMILES string of the molecule is CCCc1cc(OCC)c2c(c1CCC)C(=C1SC(=N)NC1=N)NC2=N. The van der Waals surface area contributed by atoms with Crippen LogP contribution in [0, 0.1) is 16.2 Å². The fourth-order valence-corrected chi connectivity index (χ4v) is 4.28. The first-order valence-corrected chi connectivity index (χ1v) is 9.87. The summed E-state index contributed by atoms with van der Waals surface area (Å²) >= 11 is 1.23. The van der Waals surface area contributed by atoms with Crippen LogP contribution in [0.5, 0.6) is 5.75 Å². The van der Waals surface area contributed by atoms with Gasteiger partial charge in [-0.15, -0.1) is 0 Å². The molecule has 1 aromatic rings. The van der Waals surface area contributed by atoms with Gasteiger partial charge in [0, 0.05) is 5.56 Å². The second-order valence-corrected chi connectivity index (χ2v) is 7.35. The van der Waals surface area contributed by atoms with E-state index >= 15 is 0 Å². The topological polar surface area (TPSA) is 105 Å². The summed E-state index contributed by atoms with van der Waals surface area (Å²) in [4.78, 5) is 0.673. The fourth-order valence-electron chi connectivity index (χ4n) is 3.52. The molecule has 5 N–H and O–H groups in total. The minimum atomic E-state index is 0.212. The summed E-state index contributed by atoms with van der Waals surface area (Å²) in [7, 11) is 0. The van der Waals surface area contributed by atoms with E-state index in [-0.39, 0.29) is 11.0 Å². The number of benzene rings is 1. The smallest absolute Gasteiger partial charge is 0.164 e. The zero-order valence-electron chi connectivity index (χ0n) is 15.4. The van der Waals surface area contributed by atoms with Crippen molar-refractivity contribution >= 4 is 34.3 Å². The van der Waals surface area contributed by atoms with E-state index in [2.05, 4.69) is 30.5 Å². The van der Waals surface area contributed by atoms with E-state index in [0.717, 1.165) is 48.3 Å². The number of fused-ring (bicyclic) bond motifs is 1. The second kappa shape index (κ2) is 7.53. The van der Waals surface area contributed by atoms with E-state index < -0.39 is 0 Å². The van der Waals surface area contributed by atoms with Gasteiger partial charge in [0.2, 0.25) is 0 Å². The Hall–Kier alpha value is -2.28. The van der Waals surface area contributed by atoms with Gasteiger partial charge in [-0.3, -0.25) is 16.2 Å². The molecule has 1 saturated heterocycles. The monoisotopic (exact) mass is 371 g/mol. The molecule has 2 heterocycles. The maximum absolute atomic E-state index is 8.48. The zero-order valence-corrected chi connectivity index (χ0v) is 16.2. The summed E-state index contributed by atoms with van der Waals surface area (Å²) in [5.41, 5.74) is 5.01. The van der Waals surface area contributed by atoms with Crippen LogP contribution >= 0.6 is 11.8 Å². The Morgan fingerprint density at radius 2 is 1.69 bits per heavy atom. The number of thioether (sulfide) groups is 1. The highest BCUT2D eigenvalue weighted by molar-refractivity contribution is 8.18. The third-order valence-corrected chi connectivity index (χ3v) is 5.38. The molecule has 0 aliphatic carbocycles. The van der Waals surface area contributed by atoms with E-state index in [4.69, 9.17) is 21.0 Å². The van der Waals surface area contributed by atoms with Crippen LogP contribution in [0.25, 0.3) is 5.70 Å². The molecule has 2 aliphatic rings. The number of ether oxygens (including phenoxy) is 1. The van der Waals surface area contributed by atoms with Crippen LogP contribution in [0.4, 0.5) is 0 Å². The van der Waals surface area contributed by atoms with E-state index in [1.165, 1.54) is 22.9 Å². The highest BCUT2D eigenvalue weighted by Gasteiger charge is 2.35. The molecule has 6 nitrogen and oxygen atoms in total. The van der Waals surface area contributed by atoms with Crippen molar-refractivity contribution in [1.82, 2.24) is 10.6 Å². The summed E-state index contributed by atoms with van der Waals surface area (Å²) in [5, 5.41) is 30.6. The fraction of sp³-hybridized carbons (Fsp3) is 0.421. The quantitative estimate of drug-likeness (QED) is 0.524. The van der Waals surface area contributed by atoms with Crippen LogP contribution in [-0.2, 0) is 12.8 Å². The van der Waals surface area contributed by atoms with Crippen molar-refractivity contribution in [2.45, 2.75) is 46.5 Å². The van der Waals surface area contributed by atoms with Crippen molar-refractivity contribution in [2.75, 3.05) is 6.61 Å². The maximum Gasteiger partial charge on any atom is 0.164 e. The predicted octanol–water partition coefficient (Wildman–Crippen LogP) is 3.84. The molecule has 0 amide bonds. The lowest BCUT2D eigenvalue weighted by molar-refractivity contribution is 0.339. The Bertz CT molecular complexity index is 828. The van der Waals surface area contributed by atoms with Crippen LogP contribution in [0.3, 0.4) is 0 Å². The first-order chi connectivity index (χ1) is 12.5. The van der Waals surface area contributed by atoms with Crippen molar-refractivity contribution in [3.8, 4) is 5.75 Å². The van der Waals surface area contributed by atoms with Gasteiger partial charge < -0.3 is 15.4 Å². The third-order valence-electron chi connectivity index (χ3n) is 4.46. The van der Waals surface area contributed by atoms with Crippen molar-refractivity contribution in [3.63, 3.8) is 0 Å². The highest BCUT2D eigenvalue weighted by Crippen LogP contribution is 2.42. The molecule has 0 bridgehead atoms. The van der Waals surface area contributed by atoms with Crippen molar-refractivity contribution < 1.29 is 4.74 Å². The molecule has 1 aromatic carbocycles. The van der Waals surface area contributed by atoms with Gasteiger partial charge in [0.1, 0.15) is 17.4 Å². The molecular formula is C19H25N5OS. The van der Waals surface area contributed by atoms with Gasteiger partial charge in [-0.1, -0.05) is 26.7 Å². The van der Waals surface area contributed by atoms with E-state index in [1.807, 2.05) is 6.92 Å². The molecule has 0 unspecified atom stereocenters. The summed E-state index contributed by atoms with van der Waals surface area (Å²) in [6.45, 7) is 6.81. The van der Waals surface area contributed by atoms with Gasteiger partial charge in [0.15, 0.2) is 5.17 Å². The Balaban J connectivity index is 2.31. The van der Waals surface area contributed by atoms with Crippen molar-refractivity contribution in [1.29, 1.82) is 16.2 Å². The summed E-state index contributed by atoms with van der Waals surface area (Å²) in [5.74, 6) is 1.25. The number of nitrogens with one attached hydrogen (secondary N) is 5. The normalized spacial score (nSPS) is 18.8. The van der Waals surface area contributed by atoms with Crippen molar-refractivity contribution in [2.24, 2.45) is 0 Å². The van der Waals surface area contributed by atoms with Crippen LogP contribution in [0.1, 0.15) is 55.9 Å². The molecule has 0 atom stereocenters. The maximum atomic E-state index is 8.48. The van der Waals surface area contributed by atoms with Crippen LogP contribution in [-0.4, -0.2) is 23.4 Å². The minimum Gasteiger partial charge on any atom is -0.493 e. The number of hydrogen-bond acceptors (Lipinski definition) is 5. The van der Waals surface area contributed by atoms with E-state index in [0.29, 0.717) is 17.3 Å².